The number of aromatic nitrogens is 4. The summed E-state index contributed by atoms with van der Waals surface area (Å²) in [5.74, 6) is 3.14. The van der Waals surface area contributed by atoms with Gasteiger partial charge in [0.2, 0.25) is 0 Å². The van der Waals surface area contributed by atoms with Crippen LogP contribution in [-0.2, 0) is 13.2 Å². The minimum Gasteiger partial charge on any atom is -0.485 e. The van der Waals surface area contributed by atoms with Crippen molar-refractivity contribution >= 4 is 0 Å². The van der Waals surface area contributed by atoms with Gasteiger partial charge in [-0.2, -0.15) is 0 Å². The van der Waals surface area contributed by atoms with Crippen molar-refractivity contribution in [1.82, 2.24) is 19.9 Å². The monoisotopic (exact) mass is 268 g/mol. The topological polar surface area (TPSA) is 66.0 Å². The molecule has 2 aromatic heterocycles. The van der Waals surface area contributed by atoms with Crippen LogP contribution in [0.4, 0.5) is 0 Å². The Morgan fingerprint density at radius 3 is 2.95 bits per heavy atom. The fraction of sp³-hybridized carbons (Fsp3) is 0.214. The minimum absolute atomic E-state index is 0.404. The Balaban J connectivity index is 1.83. The largest absolute Gasteiger partial charge is 0.485 e. The second-order valence-electron chi connectivity index (χ2n) is 4.75. The summed E-state index contributed by atoms with van der Waals surface area (Å²) in [7, 11) is 0. The van der Waals surface area contributed by atoms with Crippen molar-refractivity contribution in [2.45, 2.75) is 20.1 Å². The van der Waals surface area contributed by atoms with Crippen molar-refractivity contribution in [2.24, 2.45) is 0 Å². The second kappa shape index (κ2) is 4.19. The molecule has 4 rings (SSSR count). The molecule has 100 valence electrons. The maximum atomic E-state index is 5.76. The Kier molecular flexibility index (Phi) is 2.35. The number of fused-ring (bicyclic) bond motifs is 2. The van der Waals surface area contributed by atoms with Gasteiger partial charge in [0, 0.05) is 11.6 Å². The number of para-hydroxylation sites is 1. The van der Waals surface area contributed by atoms with Gasteiger partial charge >= 0.3 is 0 Å². The normalized spacial score (nSPS) is 13.2. The SMILES string of the molecule is Cc1cc(-c2nnc3n2Cc2ccccc2OC3)no1. The summed E-state index contributed by atoms with van der Waals surface area (Å²) in [4.78, 5) is 0. The molecule has 1 aliphatic rings. The Hall–Kier alpha value is -2.63. The smallest absolute Gasteiger partial charge is 0.186 e. The first-order valence-corrected chi connectivity index (χ1v) is 6.38. The van der Waals surface area contributed by atoms with E-state index in [1.807, 2.05) is 41.8 Å². The number of aryl methyl sites for hydroxylation is 1. The molecule has 6 nitrogen and oxygen atoms in total. The molecule has 3 aromatic rings. The first-order valence-electron chi connectivity index (χ1n) is 6.38. The molecule has 1 aromatic carbocycles. The zero-order chi connectivity index (χ0) is 13.5. The molecule has 0 bridgehead atoms. The molecule has 0 fully saturated rings. The zero-order valence-electron chi connectivity index (χ0n) is 10.9. The minimum atomic E-state index is 0.404. The predicted molar refractivity (Wildman–Crippen MR) is 70.1 cm³/mol. The van der Waals surface area contributed by atoms with E-state index in [-0.39, 0.29) is 0 Å². The lowest BCUT2D eigenvalue weighted by atomic mass is 10.2. The van der Waals surface area contributed by atoms with Gasteiger partial charge in [-0.05, 0) is 13.0 Å². The molecule has 0 amide bonds. The van der Waals surface area contributed by atoms with Gasteiger partial charge in [-0.3, -0.25) is 0 Å². The van der Waals surface area contributed by atoms with Crippen molar-refractivity contribution in [3.63, 3.8) is 0 Å². The summed E-state index contributed by atoms with van der Waals surface area (Å²) in [6.45, 7) is 2.93. The number of rotatable bonds is 1. The molecule has 0 unspecified atom stereocenters. The van der Waals surface area contributed by atoms with Crippen LogP contribution in [0.15, 0.2) is 34.9 Å². The third-order valence-electron chi connectivity index (χ3n) is 3.34. The first-order chi connectivity index (χ1) is 9.81. The van der Waals surface area contributed by atoms with E-state index in [2.05, 4.69) is 15.4 Å². The molecule has 0 N–H and O–H groups in total. The lowest BCUT2D eigenvalue weighted by molar-refractivity contribution is 0.297. The van der Waals surface area contributed by atoms with E-state index >= 15 is 0 Å². The highest BCUT2D eigenvalue weighted by atomic mass is 16.5. The van der Waals surface area contributed by atoms with Crippen LogP contribution in [0.5, 0.6) is 5.75 Å². The van der Waals surface area contributed by atoms with E-state index in [1.165, 1.54) is 0 Å². The summed E-state index contributed by atoms with van der Waals surface area (Å²) in [5.41, 5.74) is 1.80. The Bertz CT molecular complexity index is 775. The van der Waals surface area contributed by atoms with Crippen LogP contribution in [0.1, 0.15) is 17.1 Å². The molecular formula is C14H12N4O2. The Morgan fingerprint density at radius 2 is 2.10 bits per heavy atom. The van der Waals surface area contributed by atoms with Gasteiger partial charge in [-0.15, -0.1) is 10.2 Å². The van der Waals surface area contributed by atoms with E-state index < -0.39 is 0 Å². The highest BCUT2D eigenvalue weighted by molar-refractivity contribution is 5.50. The van der Waals surface area contributed by atoms with Crippen LogP contribution >= 0.6 is 0 Å². The maximum Gasteiger partial charge on any atom is 0.186 e. The number of benzene rings is 1. The van der Waals surface area contributed by atoms with Crippen molar-refractivity contribution in [2.75, 3.05) is 0 Å². The van der Waals surface area contributed by atoms with E-state index in [9.17, 15) is 0 Å². The van der Waals surface area contributed by atoms with Crippen molar-refractivity contribution < 1.29 is 9.26 Å². The van der Waals surface area contributed by atoms with Crippen LogP contribution < -0.4 is 4.74 Å². The average Bonchev–Trinajstić information content (AvgIpc) is 3.00. The molecule has 6 heteroatoms. The van der Waals surface area contributed by atoms with Crippen molar-refractivity contribution in [1.29, 1.82) is 0 Å². The van der Waals surface area contributed by atoms with Crippen LogP contribution in [0, 0.1) is 6.92 Å². The highest BCUT2D eigenvalue weighted by Crippen LogP contribution is 2.27. The summed E-state index contributed by atoms with van der Waals surface area (Å²) in [5, 5.41) is 12.4. The molecule has 0 saturated carbocycles. The summed E-state index contributed by atoms with van der Waals surface area (Å²) in [6, 6.07) is 9.83. The second-order valence-corrected chi connectivity index (χ2v) is 4.75. The summed E-state index contributed by atoms with van der Waals surface area (Å²) < 4.78 is 12.9. The molecule has 0 spiro atoms. The number of hydrogen-bond acceptors (Lipinski definition) is 5. The molecule has 20 heavy (non-hydrogen) atoms. The third kappa shape index (κ3) is 1.69. The zero-order valence-corrected chi connectivity index (χ0v) is 10.9. The third-order valence-corrected chi connectivity index (χ3v) is 3.34. The van der Waals surface area contributed by atoms with Crippen LogP contribution in [-0.4, -0.2) is 19.9 Å². The molecule has 0 aliphatic carbocycles. The van der Waals surface area contributed by atoms with Gasteiger partial charge in [0.25, 0.3) is 0 Å². The van der Waals surface area contributed by atoms with Crippen LogP contribution in [0.3, 0.4) is 0 Å². The van der Waals surface area contributed by atoms with Gasteiger partial charge in [-0.25, -0.2) is 0 Å². The Labute approximate surface area is 115 Å². The first kappa shape index (κ1) is 11.2. The predicted octanol–water partition coefficient (Wildman–Crippen LogP) is 2.18. The number of hydrogen-bond donors (Lipinski definition) is 0. The lowest BCUT2D eigenvalue weighted by Crippen LogP contribution is -2.05. The van der Waals surface area contributed by atoms with E-state index in [4.69, 9.17) is 9.26 Å². The van der Waals surface area contributed by atoms with Gasteiger partial charge in [0.1, 0.15) is 18.1 Å². The summed E-state index contributed by atoms with van der Waals surface area (Å²) in [6.07, 6.45) is 0. The maximum absolute atomic E-state index is 5.76. The molecule has 0 saturated heterocycles. The molecular weight excluding hydrogens is 256 g/mol. The Morgan fingerprint density at radius 1 is 1.20 bits per heavy atom. The molecule has 3 heterocycles. The standard InChI is InChI=1S/C14H12N4O2/c1-9-6-11(17-20-9)14-16-15-13-8-19-12-5-3-2-4-10(12)7-18(13)14/h2-6H,7-8H2,1H3. The number of nitrogens with zero attached hydrogens (tertiary/aromatic N) is 4. The molecule has 0 atom stereocenters. The van der Waals surface area contributed by atoms with E-state index in [1.54, 1.807) is 0 Å². The molecule has 1 aliphatic heterocycles. The van der Waals surface area contributed by atoms with Crippen LogP contribution in [0.25, 0.3) is 11.5 Å². The van der Waals surface area contributed by atoms with Gasteiger partial charge < -0.3 is 13.8 Å². The van der Waals surface area contributed by atoms with Crippen molar-refractivity contribution in [3.8, 4) is 17.3 Å². The average molecular weight is 268 g/mol. The van der Waals surface area contributed by atoms with Gasteiger partial charge in [0.05, 0.1) is 6.54 Å². The highest BCUT2D eigenvalue weighted by Gasteiger charge is 2.21. The van der Waals surface area contributed by atoms with Gasteiger partial charge in [-0.1, -0.05) is 23.4 Å². The van der Waals surface area contributed by atoms with E-state index in [0.29, 0.717) is 24.7 Å². The fourth-order valence-corrected chi connectivity index (χ4v) is 2.36. The van der Waals surface area contributed by atoms with Gasteiger partial charge in [0.15, 0.2) is 17.3 Å². The van der Waals surface area contributed by atoms with E-state index in [0.717, 1.165) is 22.9 Å². The fourth-order valence-electron chi connectivity index (χ4n) is 2.36. The van der Waals surface area contributed by atoms with Crippen molar-refractivity contribution in [3.05, 3.63) is 47.5 Å². The quantitative estimate of drug-likeness (QED) is 0.676. The lowest BCUT2D eigenvalue weighted by Gasteiger charge is -2.06. The van der Waals surface area contributed by atoms with Crippen LogP contribution in [0.2, 0.25) is 0 Å². The molecule has 0 radical (unpaired) electrons. The summed E-state index contributed by atoms with van der Waals surface area (Å²) >= 11 is 0. The number of ether oxygens (including phenoxy) is 1.